The summed E-state index contributed by atoms with van der Waals surface area (Å²) >= 11 is 0. The third-order valence-corrected chi connectivity index (χ3v) is 3.76. The number of urea groups is 1. The van der Waals surface area contributed by atoms with Gasteiger partial charge in [0, 0.05) is 19.1 Å². The fourth-order valence-corrected chi connectivity index (χ4v) is 2.46. The largest absolute Gasteiger partial charge is 0.491 e. The van der Waals surface area contributed by atoms with Crippen molar-refractivity contribution in [2.75, 3.05) is 32.9 Å². The molecule has 5 heteroatoms. The van der Waals surface area contributed by atoms with E-state index >= 15 is 0 Å². The molecule has 122 valence electrons. The number of nitrogens with one attached hydrogen (secondary N) is 2. The van der Waals surface area contributed by atoms with E-state index in [4.69, 9.17) is 9.47 Å². The number of hydrogen-bond donors (Lipinski definition) is 2. The van der Waals surface area contributed by atoms with Gasteiger partial charge >= 0.3 is 6.03 Å². The van der Waals surface area contributed by atoms with Crippen molar-refractivity contribution in [3.63, 3.8) is 0 Å². The Hall–Kier alpha value is -1.75. The zero-order chi connectivity index (χ0) is 15.8. The van der Waals surface area contributed by atoms with E-state index in [1.165, 1.54) is 5.56 Å². The van der Waals surface area contributed by atoms with Crippen LogP contribution in [-0.2, 0) is 4.74 Å². The van der Waals surface area contributed by atoms with Crippen molar-refractivity contribution >= 4 is 6.03 Å². The molecule has 0 aliphatic carbocycles. The lowest BCUT2D eigenvalue weighted by Crippen LogP contribution is -2.40. The molecule has 1 saturated heterocycles. The molecule has 22 heavy (non-hydrogen) atoms. The molecule has 2 N–H and O–H groups in total. The van der Waals surface area contributed by atoms with Gasteiger partial charge in [-0.1, -0.05) is 32.0 Å². The van der Waals surface area contributed by atoms with Crippen LogP contribution in [0.1, 0.15) is 31.7 Å². The van der Waals surface area contributed by atoms with E-state index in [1.54, 1.807) is 0 Å². The van der Waals surface area contributed by atoms with Crippen molar-refractivity contribution in [3.8, 4) is 5.75 Å². The van der Waals surface area contributed by atoms with Gasteiger partial charge in [-0.05, 0) is 24.0 Å². The minimum Gasteiger partial charge on any atom is -0.491 e. The summed E-state index contributed by atoms with van der Waals surface area (Å²) < 4.78 is 11.0. The Morgan fingerprint density at radius 2 is 2.18 bits per heavy atom. The minimum absolute atomic E-state index is 0.146. The van der Waals surface area contributed by atoms with E-state index in [9.17, 15) is 4.79 Å². The van der Waals surface area contributed by atoms with Crippen molar-refractivity contribution in [3.05, 3.63) is 29.8 Å². The van der Waals surface area contributed by atoms with Crippen LogP contribution in [0.3, 0.4) is 0 Å². The Labute approximate surface area is 132 Å². The molecular formula is C17H26N2O3. The predicted molar refractivity (Wildman–Crippen MR) is 86.4 cm³/mol. The summed E-state index contributed by atoms with van der Waals surface area (Å²) in [6, 6.07) is 7.87. The van der Waals surface area contributed by atoms with Gasteiger partial charge in [-0.3, -0.25) is 0 Å². The number of amides is 2. The van der Waals surface area contributed by atoms with Crippen LogP contribution in [0, 0.1) is 5.92 Å². The summed E-state index contributed by atoms with van der Waals surface area (Å²) in [7, 11) is 0. The van der Waals surface area contributed by atoms with Crippen LogP contribution in [0.2, 0.25) is 0 Å². The molecular weight excluding hydrogens is 280 g/mol. The van der Waals surface area contributed by atoms with Gasteiger partial charge in [0.2, 0.25) is 0 Å². The Balaban J connectivity index is 1.63. The highest BCUT2D eigenvalue weighted by Crippen LogP contribution is 2.25. The number of benzene rings is 1. The molecule has 0 aromatic heterocycles. The third-order valence-electron chi connectivity index (χ3n) is 3.76. The van der Waals surface area contributed by atoms with E-state index in [0.717, 1.165) is 25.4 Å². The lowest BCUT2D eigenvalue weighted by atomic mass is 10.0. The average Bonchev–Trinajstić information content (AvgIpc) is 3.03. The van der Waals surface area contributed by atoms with Crippen molar-refractivity contribution in [2.45, 2.75) is 26.2 Å². The SMILES string of the molecule is CC(C)c1ccccc1OCCNC(=O)NC[C@@H]1CCOC1. The summed E-state index contributed by atoms with van der Waals surface area (Å²) in [6.07, 6.45) is 1.02. The molecule has 5 nitrogen and oxygen atoms in total. The van der Waals surface area contributed by atoms with E-state index in [-0.39, 0.29) is 6.03 Å². The van der Waals surface area contributed by atoms with Crippen LogP contribution in [-0.4, -0.2) is 38.9 Å². The topological polar surface area (TPSA) is 59.6 Å². The Kier molecular flexibility index (Phi) is 6.52. The van der Waals surface area contributed by atoms with Crippen molar-refractivity contribution in [1.29, 1.82) is 0 Å². The second-order valence-corrected chi connectivity index (χ2v) is 5.91. The van der Waals surface area contributed by atoms with Gasteiger partial charge in [0.25, 0.3) is 0 Å². The van der Waals surface area contributed by atoms with E-state index in [1.807, 2.05) is 18.2 Å². The first-order valence-corrected chi connectivity index (χ1v) is 7.98. The van der Waals surface area contributed by atoms with Gasteiger partial charge in [-0.2, -0.15) is 0 Å². The lowest BCUT2D eigenvalue weighted by Gasteiger charge is -2.14. The second kappa shape index (κ2) is 8.63. The summed E-state index contributed by atoms with van der Waals surface area (Å²) in [4.78, 5) is 11.7. The van der Waals surface area contributed by atoms with Crippen LogP contribution in [0.25, 0.3) is 0 Å². The minimum atomic E-state index is -0.146. The number of carbonyl (C=O) groups excluding carboxylic acids is 1. The Bertz CT molecular complexity index is 471. The van der Waals surface area contributed by atoms with Gasteiger partial charge < -0.3 is 20.1 Å². The summed E-state index contributed by atoms with van der Waals surface area (Å²) in [6.45, 7) is 7.44. The van der Waals surface area contributed by atoms with Gasteiger partial charge in [0.05, 0.1) is 13.2 Å². The molecule has 1 aliphatic rings. The molecule has 0 saturated carbocycles. The van der Waals surface area contributed by atoms with E-state index in [2.05, 4.69) is 30.5 Å². The van der Waals surface area contributed by atoms with Crippen molar-refractivity contribution in [1.82, 2.24) is 10.6 Å². The molecule has 1 fully saturated rings. The summed E-state index contributed by atoms with van der Waals surface area (Å²) in [5.74, 6) is 1.75. The molecule has 1 aliphatic heterocycles. The normalized spacial score (nSPS) is 17.5. The predicted octanol–water partition coefficient (Wildman–Crippen LogP) is 2.52. The van der Waals surface area contributed by atoms with Crippen LogP contribution in [0.15, 0.2) is 24.3 Å². The van der Waals surface area contributed by atoms with Crippen LogP contribution in [0.5, 0.6) is 5.75 Å². The first-order valence-electron chi connectivity index (χ1n) is 7.98. The molecule has 0 spiro atoms. The number of rotatable bonds is 7. The monoisotopic (exact) mass is 306 g/mol. The van der Waals surface area contributed by atoms with Gasteiger partial charge in [-0.15, -0.1) is 0 Å². The van der Waals surface area contributed by atoms with Crippen molar-refractivity contribution < 1.29 is 14.3 Å². The number of ether oxygens (including phenoxy) is 2. The number of carbonyl (C=O) groups is 1. The standard InChI is InChI=1S/C17H26N2O3/c1-13(2)15-5-3-4-6-16(15)22-10-8-18-17(20)19-11-14-7-9-21-12-14/h3-6,13-14H,7-12H2,1-2H3,(H2,18,19,20)/t14-/m0/s1. The Morgan fingerprint density at radius 3 is 2.91 bits per heavy atom. The third kappa shape index (κ3) is 5.22. The highest BCUT2D eigenvalue weighted by molar-refractivity contribution is 5.73. The maximum absolute atomic E-state index is 11.7. The lowest BCUT2D eigenvalue weighted by molar-refractivity contribution is 0.185. The van der Waals surface area contributed by atoms with Crippen LogP contribution in [0.4, 0.5) is 4.79 Å². The average molecular weight is 306 g/mol. The zero-order valence-corrected chi connectivity index (χ0v) is 13.4. The van der Waals surface area contributed by atoms with Gasteiger partial charge in [-0.25, -0.2) is 4.79 Å². The highest BCUT2D eigenvalue weighted by atomic mass is 16.5. The molecule has 1 atom stereocenters. The van der Waals surface area contributed by atoms with Gasteiger partial charge in [0.15, 0.2) is 0 Å². The van der Waals surface area contributed by atoms with Crippen molar-refractivity contribution in [2.24, 2.45) is 5.92 Å². The zero-order valence-electron chi connectivity index (χ0n) is 13.4. The highest BCUT2D eigenvalue weighted by Gasteiger charge is 2.16. The quantitative estimate of drug-likeness (QED) is 0.761. The number of hydrogen-bond acceptors (Lipinski definition) is 3. The first kappa shape index (κ1) is 16.6. The van der Waals surface area contributed by atoms with E-state index < -0.39 is 0 Å². The molecule has 0 bridgehead atoms. The van der Waals surface area contributed by atoms with Gasteiger partial charge in [0.1, 0.15) is 12.4 Å². The summed E-state index contributed by atoms with van der Waals surface area (Å²) in [5, 5.41) is 5.68. The number of para-hydroxylation sites is 1. The molecule has 2 amide bonds. The molecule has 0 unspecified atom stereocenters. The molecule has 0 radical (unpaired) electrons. The smallest absolute Gasteiger partial charge is 0.314 e. The first-order chi connectivity index (χ1) is 10.7. The molecule has 1 heterocycles. The van der Waals surface area contributed by atoms with Crippen LogP contribution >= 0.6 is 0 Å². The molecule has 2 rings (SSSR count). The second-order valence-electron chi connectivity index (χ2n) is 5.91. The Morgan fingerprint density at radius 1 is 1.36 bits per heavy atom. The summed E-state index contributed by atoms with van der Waals surface area (Å²) in [5.41, 5.74) is 1.19. The maximum Gasteiger partial charge on any atom is 0.314 e. The van der Waals surface area contributed by atoms with Crippen LogP contribution < -0.4 is 15.4 Å². The van der Waals surface area contributed by atoms with E-state index in [0.29, 0.717) is 31.5 Å². The maximum atomic E-state index is 11.7. The molecule has 1 aromatic carbocycles. The fourth-order valence-electron chi connectivity index (χ4n) is 2.46. The fraction of sp³-hybridized carbons (Fsp3) is 0.588. The molecule has 1 aromatic rings.